The molecule has 114 valence electrons. The van der Waals surface area contributed by atoms with E-state index in [1.807, 2.05) is 6.92 Å². The molecule has 1 aromatic rings. The maximum Gasteiger partial charge on any atom is 0.269 e. The van der Waals surface area contributed by atoms with Gasteiger partial charge in [0.2, 0.25) is 5.91 Å². The molecule has 7 nitrogen and oxygen atoms in total. The molecule has 1 amide bonds. The van der Waals surface area contributed by atoms with Gasteiger partial charge in [-0.1, -0.05) is 12.1 Å². The molecule has 0 radical (unpaired) electrons. The van der Waals surface area contributed by atoms with Gasteiger partial charge in [0.1, 0.15) is 6.04 Å². The highest BCUT2D eigenvalue weighted by atomic mass is 16.6. The lowest BCUT2D eigenvalue weighted by Crippen LogP contribution is -2.52. The number of amides is 1. The summed E-state index contributed by atoms with van der Waals surface area (Å²) in [6.07, 6.45) is 0. The molecule has 1 aromatic carbocycles. The first-order valence-corrected chi connectivity index (χ1v) is 6.83. The van der Waals surface area contributed by atoms with E-state index in [-0.39, 0.29) is 23.7 Å². The van der Waals surface area contributed by atoms with E-state index in [0.717, 1.165) is 5.56 Å². The number of likely N-dealkylation sites (N-methyl/N-ethyl adjacent to an activating group) is 1. The third kappa shape index (κ3) is 3.56. The molecule has 1 aliphatic rings. The van der Waals surface area contributed by atoms with Crippen molar-refractivity contribution in [2.75, 3.05) is 26.8 Å². The Morgan fingerprint density at radius 3 is 2.95 bits per heavy atom. The Labute approximate surface area is 123 Å². The van der Waals surface area contributed by atoms with Gasteiger partial charge in [0, 0.05) is 25.7 Å². The third-order valence-electron chi connectivity index (χ3n) is 3.71. The fourth-order valence-corrected chi connectivity index (χ4v) is 2.28. The van der Waals surface area contributed by atoms with Crippen LogP contribution in [0.5, 0.6) is 0 Å². The minimum Gasteiger partial charge on any atom is -0.378 e. The van der Waals surface area contributed by atoms with Gasteiger partial charge in [-0.15, -0.1) is 0 Å². The monoisotopic (exact) mass is 293 g/mol. The SMILES string of the molecule is CC(c1cccc([N+](=O)[O-])c1)N(C)C(=O)C1COCCN1. The number of morpholine rings is 1. The Morgan fingerprint density at radius 2 is 2.33 bits per heavy atom. The normalized spacial score (nSPS) is 19.8. The maximum absolute atomic E-state index is 12.4. The van der Waals surface area contributed by atoms with Crippen LogP contribution in [-0.4, -0.2) is 48.6 Å². The molecule has 0 spiro atoms. The summed E-state index contributed by atoms with van der Waals surface area (Å²) >= 11 is 0. The summed E-state index contributed by atoms with van der Waals surface area (Å²) in [5.41, 5.74) is 0.760. The van der Waals surface area contributed by atoms with E-state index in [1.54, 1.807) is 24.1 Å². The highest BCUT2D eigenvalue weighted by molar-refractivity contribution is 5.82. The van der Waals surface area contributed by atoms with Crippen LogP contribution in [0, 0.1) is 10.1 Å². The average molecular weight is 293 g/mol. The molecular weight excluding hydrogens is 274 g/mol. The van der Waals surface area contributed by atoms with E-state index in [2.05, 4.69) is 5.32 Å². The van der Waals surface area contributed by atoms with Gasteiger partial charge < -0.3 is 15.0 Å². The van der Waals surface area contributed by atoms with Crippen LogP contribution in [0.25, 0.3) is 0 Å². The summed E-state index contributed by atoms with van der Waals surface area (Å²) < 4.78 is 5.29. The molecule has 1 aliphatic heterocycles. The zero-order chi connectivity index (χ0) is 15.4. The molecule has 1 saturated heterocycles. The van der Waals surface area contributed by atoms with Gasteiger partial charge >= 0.3 is 0 Å². The average Bonchev–Trinajstić information content (AvgIpc) is 2.53. The van der Waals surface area contributed by atoms with Crippen molar-refractivity contribution in [1.82, 2.24) is 10.2 Å². The van der Waals surface area contributed by atoms with Crippen LogP contribution >= 0.6 is 0 Å². The van der Waals surface area contributed by atoms with Gasteiger partial charge in [0.05, 0.1) is 24.2 Å². The molecule has 1 N–H and O–H groups in total. The van der Waals surface area contributed by atoms with Crippen molar-refractivity contribution < 1.29 is 14.5 Å². The van der Waals surface area contributed by atoms with Crippen LogP contribution in [0.1, 0.15) is 18.5 Å². The molecule has 2 atom stereocenters. The number of nitro groups is 1. The molecule has 21 heavy (non-hydrogen) atoms. The van der Waals surface area contributed by atoms with Gasteiger partial charge in [0.25, 0.3) is 5.69 Å². The van der Waals surface area contributed by atoms with Crippen molar-refractivity contribution in [2.24, 2.45) is 0 Å². The first-order chi connectivity index (χ1) is 10.0. The molecule has 7 heteroatoms. The minimum atomic E-state index is -0.436. The summed E-state index contributed by atoms with van der Waals surface area (Å²) in [6, 6.07) is 5.75. The molecule has 0 bridgehead atoms. The fraction of sp³-hybridized carbons (Fsp3) is 0.500. The fourth-order valence-electron chi connectivity index (χ4n) is 2.28. The van der Waals surface area contributed by atoms with E-state index in [0.29, 0.717) is 19.8 Å². The lowest BCUT2D eigenvalue weighted by atomic mass is 10.1. The van der Waals surface area contributed by atoms with Crippen LogP contribution in [0.3, 0.4) is 0 Å². The smallest absolute Gasteiger partial charge is 0.269 e. The number of carbonyl (C=O) groups excluding carboxylic acids is 1. The molecule has 0 saturated carbocycles. The second-order valence-electron chi connectivity index (χ2n) is 5.06. The van der Waals surface area contributed by atoms with Crippen LogP contribution in [0.4, 0.5) is 5.69 Å². The van der Waals surface area contributed by atoms with Crippen molar-refractivity contribution in [3.63, 3.8) is 0 Å². The van der Waals surface area contributed by atoms with Gasteiger partial charge in [-0.05, 0) is 12.5 Å². The quantitative estimate of drug-likeness (QED) is 0.664. The predicted molar refractivity (Wildman–Crippen MR) is 76.9 cm³/mol. The third-order valence-corrected chi connectivity index (χ3v) is 3.71. The molecule has 1 fully saturated rings. The van der Waals surface area contributed by atoms with Crippen LogP contribution in [0.2, 0.25) is 0 Å². The first-order valence-electron chi connectivity index (χ1n) is 6.83. The molecule has 2 rings (SSSR count). The molecule has 1 heterocycles. The lowest BCUT2D eigenvalue weighted by Gasteiger charge is -2.31. The number of rotatable bonds is 4. The van der Waals surface area contributed by atoms with Gasteiger partial charge in [-0.3, -0.25) is 14.9 Å². The van der Waals surface area contributed by atoms with Gasteiger partial charge in [-0.25, -0.2) is 0 Å². The van der Waals surface area contributed by atoms with E-state index in [4.69, 9.17) is 4.74 Å². The van der Waals surface area contributed by atoms with E-state index < -0.39 is 4.92 Å². The predicted octanol–water partition coefficient (Wildman–Crippen LogP) is 1.10. The number of nitro benzene ring substituents is 1. The summed E-state index contributed by atoms with van der Waals surface area (Å²) in [6.45, 7) is 3.45. The number of nitrogens with one attached hydrogen (secondary N) is 1. The number of hydrogen-bond donors (Lipinski definition) is 1. The highest BCUT2D eigenvalue weighted by Gasteiger charge is 2.27. The van der Waals surface area contributed by atoms with Crippen LogP contribution in [-0.2, 0) is 9.53 Å². The maximum atomic E-state index is 12.4. The highest BCUT2D eigenvalue weighted by Crippen LogP contribution is 2.23. The zero-order valence-electron chi connectivity index (χ0n) is 12.1. The van der Waals surface area contributed by atoms with Crippen LogP contribution < -0.4 is 5.32 Å². The number of nitrogens with zero attached hydrogens (tertiary/aromatic N) is 2. The largest absolute Gasteiger partial charge is 0.378 e. The van der Waals surface area contributed by atoms with Gasteiger partial charge in [0.15, 0.2) is 0 Å². The van der Waals surface area contributed by atoms with Crippen molar-refractivity contribution in [3.8, 4) is 0 Å². The second-order valence-corrected chi connectivity index (χ2v) is 5.06. The van der Waals surface area contributed by atoms with E-state index >= 15 is 0 Å². The number of hydrogen-bond acceptors (Lipinski definition) is 5. The Balaban J connectivity index is 2.10. The number of non-ortho nitro benzene ring substituents is 1. The molecule has 0 aliphatic carbocycles. The Hall–Kier alpha value is -1.99. The number of ether oxygens (including phenoxy) is 1. The van der Waals surface area contributed by atoms with Crippen LogP contribution in [0.15, 0.2) is 24.3 Å². The summed E-state index contributed by atoms with van der Waals surface area (Å²) in [5, 5.41) is 13.9. The minimum absolute atomic E-state index is 0.0272. The molecule has 0 aromatic heterocycles. The van der Waals surface area contributed by atoms with Crippen molar-refractivity contribution in [2.45, 2.75) is 19.0 Å². The van der Waals surface area contributed by atoms with E-state index in [1.165, 1.54) is 12.1 Å². The second kappa shape index (κ2) is 6.64. The standard InChI is InChI=1S/C14H19N3O4/c1-10(11-4-3-5-12(8-11)17(19)20)16(2)14(18)13-9-21-7-6-15-13/h3-5,8,10,13,15H,6-7,9H2,1-2H3. The first kappa shape index (κ1) is 15.4. The number of benzene rings is 1. The van der Waals surface area contributed by atoms with E-state index in [9.17, 15) is 14.9 Å². The summed E-state index contributed by atoms with van der Waals surface area (Å²) in [4.78, 5) is 24.4. The summed E-state index contributed by atoms with van der Waals surface area (Å²) in [7, 11) is 1.70. The number of carbonyl (C=O) groups is 1. The molecule has 2 unspecified atom stereocenters. The lowest BCUT2D eigenvalue weighted by molar-refractivity contribution is -0.384. The Bertz CT molecular complexity index is 529. The zero-order valence-corrected chi connectivity index (χ0v) is 12.1. The van der Waals surface area contributed by atoms with Gasteiger partial charge in [-0.2, -0.15) is 0 Å². The Kier molecular flexibility index (Phi) is 4.87. The molecular formula is C14H19N3O4. The topological polar surface area (TPSA) is 84.7 Å². The van der Waals surface area contributed by atoms with Crippen molar-refractivity contribution >= 4 is 11.6 Å². The van der Waals surface area contributed by atoms with Crippen molar-refractivity contribution in [1.29, 1.82) is 0 Å². The Morgan fingerprint density at radius 1 is 1.57 bits per heavy atom. The van der Waals surface area contributed by atoms with Crippen molar-refractivity contribution in [3.05, 3.63) is 39.9 Å². The summed E-state index contributed by atoms with van der Waals surface area (Å²) in [5.74, 6) is -0.0753.